The van der Waals surface area contributed by atoms with Gasteiger partial charge in [-0.05, 0) is 24.0 Å². The molecule has 0 amide bonds. The molecule has 2 aromatic carbocycles. The van der Waals surface area contributed by atoms with Gasteiger partial charge in [0.15, 0.2) is 5.96 Å². The molecule has 0 spiro atoms. The largest absolute Gasteiger partial charge is 0.376 e. The number of nitrogens with one attached hydrogen (secondary N) is 2. The highest BCUT2D eigenvalue weighted by Crippen LogP contribution is 2.24. The maximum atomic E-state index is 5.80. The van der Waals surface area contributed by atoms with Gasteiger partial charge >= 0.3 is 0 Å². The first-order valence-corrected chi connectivity index (χ1v) is 11.9. The van der Waals surface area contributed by atoms with Gasteiger partial charge in [-0.2, -0.15) is 0 Å². The van der Waals surface area contributed by atoms with Crippen LogP contribution in [0.25, 0.3) is 0 Å². The lowest BCUT2D eigenvalue weighted by Gasteiger charge is -2.19. The summed E-state index contributed by atoms with van der Waals surface area (Å²) in [6.07, 6.45) is 5.13. The lowest BCUT2D eigenvalue weighted by Crippen LogP contribution is -2.42. The highest BCUT2D eigenvalue weighted by Gasteiger charge is 2.17. The summed E-state index contributed by atoms with van der Waals surface area (Å²) in [4.78, 5) is 5.00. The zero-order chi connectivity index (χ0) is 22.7. The molecule has 0 radical (unpaired) electrons. The summed E-state index contributed by atoms with van der Waals surface area (Å²) in [5.74, 6) is 2.00. The Balaban J connectivity index is 1.46. The van der Waals surface area contributed by atoms with Crippen molar-refractivity contribution in [1.82, 2.24) is 25.4 Å². The van der Waals surface area contributed by atoms with Crippen LogP contribution in [0.15, 0.2) is 72.0 Å². The zero-order valence-corrected chi connectivity index (χ0v) is 19.4. The molecule has 3 aromatic rings. The average Bonchev–Trinajstić information content (AvgIpc) is 3.55. The predicted molar refractivity (Wildman–Crippen MR) is 131 cm³/mol. The Morgan fingerprint density at radius 1 is 1.09 bits per heavy atom. The van der Waals surface area contributed by atoms with E-state index >= 15 is 0 Å². The van der Waals surface area contributed by atoms with E-state index in [1.54, 1.807) is 6.33 Å². The normalized spacial score (nSPS) is 16.3. The Bertz CT molecular complexity index is 943. The minimum atomic E-state index is 0.193. The summed E-state index contributed by atoms with van der Waals surface area (Å²) in [7, 11) is 0. The van der Waals surface area contributed by atoms with Crippen molar-refractivity contribution < 1.29 is 4.74 Å². The number of aromatic nitrogens is 3. The molecule has 0 aliphatic carbocycles. The van der Waals surface area contributed by atoms with Crippen LogP contribution in [-0.2, 0) is 17.7 Å². The third kappa shape index (κ3) is 6.65. The van der Waals surface area contributed by atoms with Crippen LogP contribution in [0.4, 0.5) is 0 Å². The molecule has 1 aliphatic rings. The second kappa shape index (κ2) is 12.2. The fraction of sp³-hybridized carbons (Fsp3) is 0.423. The van der Waals surface area contributed by atoms with Crippen LogP contribution in [0.2, 0.25) is 0 Å². The van der Waals surface area contributed by atoms with E-state index in [4.69, 9.17) is 9.73 Å². The molecule has 2 N–H and O–H groups in total. The molecule has 1 atom stereocenters. The highest BCUT2D eigenvalue weighted by molar-refractivity contribution is 5.79. The number of aliphatic imine (C=N–C) groups is 1. The molecule has 174 valence electrons. The lowest BCUT2D eigenvalue weighted by atomic mass is 9.91. The second-order valence-corrected chi connectivity index (χ2v) is 8.30. The Labute approximate surface area is 196 Å². The number of ether oxygens (including phenoxy) is 1. The Kier molecular flexibility index (Phi) is 8.47. The van der Waals surface area contributed by atoms with Crippen LogP contribution in [0.3, 0.4) is 0 Å². The SMILES string of the molecule is CCc1nncn1CCNC(=NCC(c1ccccc1)c1ccccc1)NCC1CCCO1. The quantitative estimate of drug-likeness (QED) is 0.369. The number of hydrogen-bond donors (Lipinski definition) is 2. The van der Waals surface area contributed by atoms with Gasteiger partial charge in [-0.25, -0.2) is 0 Å². The van der Waals surface area contributed by atoms with Crippen molar-refractivity contribution in [2.75, 3.05) is 26.2 Å². The molecule has 1 fully saturated rings. The summed E-state index contributed by atoms with van der Waals surface area (Å²) in [5, 5.41) is 15.2. The van der Waals surface area contributed by atoms with Crippen molar-refractivity contribution in [1.29, 1.82) is 0 Å². The number of nitrogens with zero attached hydrogens (tertiary/aromatic N) is 4. The van der Waals surface area contributed by atoms with Gasteiger partial charge in [-0.15, -0.1) is 10.2 Å². The van der Waals surface area contributed by atoms with E-state index in [1.807, 2.05) is 0 Å². The van der Waals surface area contributed by atoms with Crippen molar-refractivity contribution in [3.05, 3.63) is 83.9 Å². The van der Waals surface area contributed by atoms with E-state index in [0.717, 1.165) is 57.3 Å². The standard InChI is InChI=1S/C26H34N6O/c1-2-25-31-30-20-32(25)16-15-27-26(28-18-23-14-9-17-33-23)29-19-24(21-10-5-3-6-11-21)22-12-7-4-8-13-22/h3-8,10-13,20,23-24H,2,9,14-19H2,1H3,(H2,27,28,29). The molecule has 7 nitrogen and oxygen atoms in total. The molecular formula is C26H34N6O. The van der Waals surface area contributed by atoms with Crippen LogP contribution < -0.4 is 10.6 Å². The smallest absolute Gasteiger partial charge is 0.191 e. The predicted octanol–water partition coefficient (Wildman–Crippen LogP) is 3.39. The van der Waals surface area contributed by atoms with Crippen LogP contribution >= 0.6 is 0 Å². The van der Waals surface area contributed by atoms with Crippen molar-refractivity contribution >= 4 is 5.96 Å². The summed E-state index contributed by atoms with van der Waals surface area (Å²) >= 11 is 0. The number of benzene rings is 2. The van der Waals surface area contributed by atoms with E-state index in [9.17, 15) is 0 Å². The Morgan fingerprint density at radius 3 is 2.45 bits per heavy atom. The monoisotopic (exact) mass is 446 g/mol. The third-order valence-corrected chi connectivity index (χ3v) is 6.01. The van der Waals surface area contributed by atoms with Gasteiger partial charge in [0.25, 0.3) is 0 Å². The minimum Gasteiger partial charge on any atom is -0.376 e. The molecule has 1 unspecified atom stereocenters. The molecule has 7 heteroatoms. The van der Waals surface area contributed by atoms with E-state index < -0.39 is 0 Å². The van der Waals surface area contributed by atoms with E-state index in [2.05, 4.69) is 93.0 Å². The first-order valence-electron chi connectivity index (χ1n) is 11.9. The fourth-order valence-electron chi connectivity index (χ4n) is 4.18. The van der Waals surface area contributed by atoms with E-state index in [1.165, 1.54) is 11.1 Å². The van der Waals surface area contributed by atoms with Gasteiger partial charge < -0.3 is 19.9 Å². The van der Waals surface area contributed by atoms with Crippen molar-refractivity contribution in [3.8, 4) is 0 Å². The molecule has 0 bridgehead atoms. The van der Waals surface area contributed by atoms with Gasteiger partial charge in [-0.3, -0.25) is 4.99 Å². The number of hydrogen-bond acceptors (Lipinski definition) is 4. The molecule has 1 aromatic heterocycles. The molecule has 33 heavy (non-hydrogen) atoms. The number of aryl methyl sites for hydroxylation is 1. The maximum absolute atomic E-state index is 5.80. The number of guanidine groups is 1. The van der Waals surface area contributed by atoms with E-state index in [0.29, 0.717) is 6.54 Å². The molecule has 1 saturated heterocycles. The Hall–Kier alpha value is -3.19. The summed E-state index contributed by atoms with van der Waals surface area (Å²) in [5.41, 5.74) is 2.53. The van der Waals surface area contributed by atoms with Crippen molar-refractivity contribution in [2.45, 2.75) is 44.8 Å². The maximum Gasteiger partial charge on any atom is 0.191 e. The van der Waals surface area contributed by atoms with Crippen molar-refractivity contribution in [3.63, 3.8) is 0 Å². The van der Waals surface area contributed by atoms with Crippen LogP contribution in [0.5, 0.6) is 0 Å². The second-order valence-electron chi connectivity index (χ2n) is 8.30. The van der Waals surface area contributed by atoms with Gasteiger partial charge in [0.1, 0.15) is 12.2 Å². The topological polar surface area (TPSA) is 76.4 Å². The molecule has 4 rings (SSSR count). The first-order chi connectivity index (χ1) is 16.3. The zero-order valence-electron chi connectivity index (χ0n) is 19.4. The van der Waals surface area contributed by atoms with Crippen LogP contribution in [0.1, 0.15) is 42.6 Å². The molecule has 1 aliphatic heterocycles. The fourth-order valence-corrected chi connectivity index (χ4v) is 4.18. The summed E-state index contributed by atoms with van der Waals surface area (Å²) in [6.45, 7) is 5.89. The summed E-state index contributed by atoms with van der Waals surface area (Å²) in [6, 6.07) is 21.2. The van der Waals surface area contributed by atoms with Crippen LogP contribution in [0, 0.1) is 0 Å². The summed E-state index contributed by atoms with van der Waals surface area (Å²) < 4.78 is 7.88. The third-order valence-electron chi connectivity index (χ3n) is 6.01. The van der Waals surface area contributed by atoms with Gasteiger partial charge in [0.05, 0.1) is 12.6 Å². The van der Waals surface area contributed by atoms with Gasteiger partial charge in [-0.1, -0.05) is 67.6 Å². The molecule has 0 saturated carbocycles. The Morgan fingerprint density at radius 2 is 1.82 bits per heavy atom. The first kappa shape index (κ1) is 23.0. The van der Waals surface area contributed by atoms with Gasteiger partial charge in [0, 0.05) is 38.6 Å². The molecular weight excluding hydrogens is 412 g/mol. The van der Waals surface area contributed by atoms with Crippen molar-refractivity contribution in [2.24, 2.45) is 4.99 Å². The van der Waals surface area contributed by atoms with Crippen LogP contribution in [-0.4, -0.2) is 53.1 Å². The highest BCUT2D eigenvalue weighted by atomic mass is 16.5. The van der Waals surface area contributed by atoms with Gasteiger partial charge in [0.2, 0.25) is 0 Å². The minimum absolute atomic E-state index is 0.193. The molecule has 2 heterocycles. The number of rotatable bonds is 10. The lowest BCUT2D eigenvalue weighted by molar-refractivity contribution is 0.114. The van der Waals surface area contributed by atoms with E-state index in [-0.39, 0.29) is 12.0 Å². The average molecular weight is 447 g/mol.